The topological polar surface area (TPSA) is 54.0 Å². The van der Waals surface area contributed by atoms with Gasteiger partial charge in [-0.15, -0.1) is 23.7 Å². The molecular formula is C13H20ClN3OS. The summed E-state index contributed by atoms with van der Waals surface area (Å²) in [5.74, 6) is 0.391. The van der Waals surface area contributed by atoms with E-state index in [1.54, 1.807) is 11.3 Å². The zero-order valence-corrected chi connectivity index (χ0v) is 12.7. The molecule has 4 nitrogen and oxygen atoms in total. The van der Waals surface area contributed by atoms with Gasteiger partial charge in [0.05, 0.1) is 0 Å². The molecule has 2 aliphatic rings. The van der Waals surface area contributed by atoms with E-state index in [-0.39, 0.29) is 24.2 Å². The number of carbonyl (C=O) groups is 1. The predicted octanol–water partition coefficient (Wildman–Crippen LogP) is 2.46. The van der Waals surface area contributed by atoms with Crippen LogP contribution < -0.4 is 10.6 Å². The van der Waals surface area contributed by atoms with Crippen molar-refractivity contribution in [2.24, 2.45) is 11.3 Å². The molecule has 1 aliphatic carbocycles. The molecule has 1 saturated heterocycles. The predicted molar refractivity (Wildman–Crippen MR) is 80.0 cm³/mol. The van der Waals surface area contributed by atoms with Gasteiger partial charge in [0.25, 0.3) is 0 Å². The Labute approximate surface area is 123 Å². The molecule has 2 fully saturated rings. The van der Waals surface area contributed by atoms with E-state index in [1.165, 1.54) is 4.88 Å². The van der Waals surface area contributed by atoms with Crippen molar-refractivity contribution in [2.75, 3.05) is 18.4 Å². The first kappa shape index (κ1) is 14.8. The monoisotopic (exact) mass is 301 g/mol. The molecule has 1 aromatic rings. The Morgan fingerprint density at radius 2 is 2.32 bits per heavy atom. The molecule has 106 valence electrons. The maximum Gasteiger partial charge on any atom is 0.229 e. The van der Waals surface area contributed by atoms with Crippen LogP contribution in [0.1, 0.15) is 31.1 Å². The first-order chi connectivity index (χ1) is 8.73. The first-order valence-corrected chi connectivity index (χ1v) is 7.51. The Hall–Kier alpha value is -0.650. The summed E-state index contributed by atoms with van der Waals surface area (Å²) in [5.41, 5.74) is 0.306. The number of carbonyl (C=O) groups excluding carboxylic acids is 1. The SMILES string of the molecule is CCc1cnc(NC(=O)C2CC23CCNCC3)s1.Cl. The first-order valence-electron chi connectivity index (χ1n) is 6.70. The van der Waals surface area contributed by atoms with Crippen LogP contribution in [0.25, 0.3) is 0 Å². The summed E-state index contributed by atoms with van der Waals surface area (Å²) in [6, 6.07) is 0. The fourth-order valence-corrected chi connectivity index (χ4v) is 3.67. The van der Waals surface area contributed by atoms with Gasteiger partial charge in [-0.3, -0.25) is 4.79 Å². The third-order valence-electron chi connectivity index (χ3n) is 4.24. The number of nitrogens with zero attached hydrogens (tertiary/aromatic N) is 1. The summed E-state index contributed by atoms with van der Waals surface area (Å²) in [5, 5.41) is 7.09. The van der Waals surface area contributed by atoms with Crippen molar-refractivity contribution < 1.29 is 4.79 Å². The average Bonchev–Trinajstić information content (AvgIpc) is 2.88. The van der Waals surface area contributed by atoms with Gasteiger partial charge < -0.3 is 10.6 Å². The molecule has 0 radical (unpaired) electrons. The fourth-order valence-electron chi connectivity index (χ4n) is 2.92. The van der Waals surface area contributed by atoms with Crippen LogP contribution in [0, 0.1) is 11.3 Å². The number of hydrogen-bond acceptors (Lipinski definition) is 4. The van der Waals surface area contributed by atoms with Crippen molar-refractivity contribution >= 4 is 34.8 Å². The number of thiazole rings is 1. The highest BCUT2D eigenvalue weighted by Gasteiger charge is 2.57. The Balaban J connectivity index is 0.00000133. The average molecular weight is 302 g/mol. The Bertz CT molecular complexity index is 456. The third-order valence-corrected chi connectivity index (χ3v) is 5.29. The van der Waals surface area contributed by atoms with Crippen LogP contribution in [0.15, 0.2) is 6.20 Å². The van der Waals surface area contributed by atoms with Crippen LogP contribution in [0.3, 0.4) is 0 Å². The molecule has 2 N–H and O–H groups in total. The Morgan fingerprint density at radius 1 is 1.58 bits per heavy atom. The lowest BCUT2D eigenvalue weighted by Crippen LogP contribution is -2.31. The van der Waals surface area contributed by atoms with Crippen LogP contribution in [-0.2, 0) is 11.2 Å². The number of piperidine rings is 1. The number of aryl methyl sites for hydroxylation is 1. The van der Waals surface area contributed by atoms with E-state index in [4.69, 9.17) is 0 Å². The molecule has 1 aromatic heterocycles. The molecule has 0 bridgehead atoms. The van der Waals surface area contributed by atoms with Crippen LogP contribution in [0.5, 0.6) is 0 Å². The molecule has 6 heteroatoms. The largest absolute Gasteiger partial charge is 0.317 e. The maximum atomic E-state index is 12.2. The number of amides is 1. The summed E-state index contributed by atoms with van der Waals surface area (Å²) < 4.78 is 0. The van der Waals surface area contributed by atoms with E-state index < -0.39 is 0 Å². The highest BCUT2D eigenvalue weighted by Crippen LogP contribution is 2.58. The zero-order valence-electron chi connectivity index (χ0n) is 11.1. The second kappa shape index (κ2) is 5.77. The highest BCUT2D eigenvalue weighted by atomic mass is 35.5. The van der Waals surface area contributed by atoms with E-state index in [1.807, 2.05) is 6.20 Å². The van der Waals surface area contributed by atoms with Gasteiger partial charge in [0.2, 0.25) is 5.91 Å². The van der Waals surface area contributed by atoms with Gasteiger partial charge in [0.15, 0.2) is 5.13 Å². The van der Waals surface area contributed by atoms with E-state index in [9.17, 15) is 4.79 Å². The number of nitrogens with one attached hydrogen (secondary N) is 2. The second-order valence-electron chi connectivity index (χ2n) is 5.34. The summed E-state index contributed by atoms with van der Waals surface area (Å²) in [6.45, 7) is 4.21. The molecule has 19 heavy (non-hydrogen) atoms. The van der Waals surface area contributed by atoms with Gasteiger partial charge in [0.1, 0.15) is 0 Å². The van der Waals surface area contributed by atoms with Crippen molar-refractivity contribution in [1.29, 1.82) is 0 Å². The Kier molecular flexibility index (Phi) is 4.48. The molecule has 1 aliphatic heterocycles. The van der Waals surface area contributed by atoms with Crippen molar-refractivity contribution in [1.82, 2.24) is 10.3 Å². The molecule has 0 aromatic carbocycles. The minimum absolute atomic E-state index is 0. The van der Waals surface area contributed by atoms with Crippen molar-refractivity contribution in [3.63, 3.8) is 0 Å². The minimum atomic E-state index is 0. The van der Waals surface area contributed by atoms with E-state index in [0.29, 0.717) is 5.41 Å². The lowest BCUT2D eigenvalue weighted by atomic mass is 9.92. The second-order valence-corrected chi connectivity index (χ2v) is 6.46. The van der Waals surface area contributed by atoms with Gasteiger partial charge >= 0.3 is 0 Å². The van der Waals surface area contributed by atoms with E-state index in [0.717, 1.165) is 43.9 Å². The number of aromatic nitrogens is 1. The molecule has 1 unspecified atom stereocenters. The Morgan fingerprint density at radius 3 is 2.95 bits per heavy atom. The molecule has 1 amide bonds. The lowest BCUT2D eigenvalue weighted by Gasteiger charge is -2.22. The van der Waals surface area contributed by atoms with Crippen molar-refractivity contribution in [3.8, 4) is 0 Å². The van der Waals surface area contributed by atoms with Gasteiger partial charge in [-0.1, -0.05) is 6.92 Å². The van der Waals surface area contributed by atoms with Gasteiger partial charge in [0, 0.05) is 17.0 Å². The molecule has 1 saturated carbocycles. The molecule has 3 rings (SSSR count). The minimum Gasteiger partial charge on any atom is -0.317 e. The summed E-state index contributed by atoms with van der Waals surface area (Å²) >= 11 is 1.59. The molecule has 2 heterocycles. The van der Waals surface area contributed by atoms with Gasteiger partial charge in [-0.25, -0.2) is 4.98 Å². The summed E-state index contributed by atoms with van der Waals surface area (Å²) in [6.07, 6.45) is 6.18. The molecular weight excluding hydrogens is 282 g/mol. The molecule has 1 spiro atoms. The normalized spacial score (nSPS) is 23.7. The summed E-state index contributed by atoms with van der Waals surface area (Å²) in [7, 11) is 0. The quantitative estimate of drug-likeness (QED) is 0.902. The standard InChI is InChI=1S/C13H19N3OS.ClH/c1-2-9-8-15-12(18-9)16-11(17)10-7-13(10)3-5-14-6-4-13;/h8,10,14H,2-7H2,1H3,(H,15,16,17);1H. The van der Waals surface area contributed by atoms with Crippen LogP contribution in [0.2, 0.25) is 0 Å². The van der Waals surface area contributed by atoms with E-state index in [2.05, 4.69) is 22.5 Å². The lowest BCUT2D eigenvalue weighted by molar-refractivity contribution is -0.118. The number of hydrogen-bond donors (Lipinski definition) is 2. The van der Waals surface area contributed by atoms with Gasteiger partial charge in [-0.2, -0.15) is 0 Å². The maximum absolute atomic E-state index is 12.2. The molecule has 1 atom stereocenters. The highest BCUT2D eigenvalue weighted by molar-refractivity contribution is 7.15. The number of halogens is 1. The van der Waals surface area contributed by atoms with Crippen LogP contribution in [-0.4, -0.2) is 24.0 Å². The van der Waals surface area contributed by atoms with Crippen molar-refractivity contribution in [3.05, 3.63) is 11.1 Å². The summed E-state index contributed by atoms with van der Waals surface area (Å²) in [4.78, 5) is 17.6. The van der Waals surface area contributed by atoms with Gasteiger partial charge in [-0.05, 0) is 44.2 Å². The fraction of sp³-hybridized carbons (Fsp3) is 0.692. The number of rotatable bonds is 3. The zero-order chi connectivity index (χ0) is 12.6. The number of anilines is 1. The van der Waals surface area contributed by atoms with E-state index >= 15 is 0 Å². The van der Waals surface area contributed by atoms with Crippen LogP contribution in [0.4, 0.5) is 5.13 Å². The third kappa shape index (κ3) is 2.93. The van der Waals surface area contributed by atoms with Crippen LogP contribution >= 0.6 is 23.7 Å². The van der Waals surface area contributed by atoms with Crippen molar-refractivity contribution in [2.45, 2.75) is 32.6 Å². The smallest absolute Gasteiger partial charge is 0.229 e.